The van der Waals surface area contributed by atoms with Crippen molar-refractivity contribution >= 4 is 6.29 Å². The summed E-state index contributed by atoms with van der Waals surface area (Å²) in [6.07, 6.45) is 3.88. The summed E-state index contributed by atoms with van der Waals surface area (Å²) in [5.74, 6) is 0. The Hall–Kier alpha value is -0.590. The largest absolute Gasteiger partial charge is 1.00 e. The minimum Gasteiger partial charge on any atom is -0.299 e. The van der Waals surface area contributed by atoms with E-state index < -0.39 is 0 Å². The predicted octanol–water partition coefficient (Wildman–Crippen LogP) is 0.874. The summed E-state index contributed by atoms with van der Waals surface area (Å²) < 4.78 is 0. The summed E-state index contributed by atoms with van der Waals surface area (Å²) >= 11 is 0. The lowest BCUT2D eigenvalue weighted by atomic mass is 10.6. The van der Waals surface area contributed by atoms with Gasteiger partial charge in [0.25, 0.3) is 0 Å². The molecule has 0 aromatic rings. The van der Waals surface area contributed by atoms with Crippen LogP contribution in [-0.4, -0.2) is 6.29 Å². The zero-order valence-corrected chi connectivity index (χ0v) is 3.14. The van der Waals surface area contributed by atoms with Crippen LogP contribution in [0.2, 0.25) is 0 Å². The van der Waals surface area contributed by atoms with Crippen LogP contribution in [0.3, 0.4) is 0 Å². The molecule has 0 heterocycles. The van der Waals surface area contributed by atoms with Crippen molar-refractivity contribution in [2.75, 3.05) is 0 Å². The predicted molar refractivity (Wildman–Crippen MR) is 22.0 cm³/mol. The molecule has 0 saturated carbocycles. The van der Waals surface area contributed by atoms with Crippen molar-refractivity contribution in [3.8, 4) is 0 Å². The van der Waals surface area contributed by atoms with E-state index >= 15 is 0 Å². The summed E-state index contributed by atoms with van der Waals surface area (Å²) in [4.78, 5) is 9.32. The first-order valence-corrected chi connectivity index (χ1v) is 1.48. The molecule has 0 atom stereocenters. The Morgan fingerprint density at radius 2 is 2.40 bits per heavy atom. The highest BCUT2D eigenvalue weighted by Crippen LogP contribution is 1.55. The minimum absolute atomic E-state index is 0. The quantitative estimate of drug-likeness (QED) is 0.331. The maximum Gasteiger partial charge on any atom is 1.00 e. The molecular formula is C4H7O+. The van der Waals surface area contributed by atoms with Gasteiger partial charge in [-0.25, -0.2) is 0 Å². The van der Waals surface area contributed by atoms with E-state index in [-0.39, 0.29) is 1.43 Å². The monoisotopic (exact) mass is 71.0 g/mol. The molecule has 0 aromatic heterocycles. The van der Waals surface area contributed by atoms with Gasteiger partial charge in [0, 0.05) is 0 Å². The Labute approximate surface area is 32.8 Å². The minimum atomic E-state index is 0. The molecule has 0 unspecified atom stereocenters. The number of hydrogen-bond acceptors (Lipinski definition) is 1. The van der Waals surface area contributed by atoms with Gasteiger partial charge in [0.05, 0.1) is 0 Å². The van der Waals surface area contributed by atoms with Gasteiger partial charge < -0.3 is 0 Å². The third-order valence-corrected chi connectivity index (χ3v) is 0.271. The molecule has 0 aromatic carbocycles. The number of allylic oxidation sites excluding steroid dienone is 2. The van der Waals surface area contributed by atoms with Gasteiger partial charge in [-0.15, -0.1) is 0 Å². The molecule has 0 fully saturated rings. The molecule has 0 aliphatic rings. The van der Waals surface area contributed by atoms with Crippen molar-refractivity contribution in [3.05, 3.63) is 12.2 Å². The fraction of sp³-hybridized carbons (Fsp3) is 0.250. The van der Waals surface area contributed by atoms with E-state index in [2.05, 4.69) is 0 Å². The Morgan fingerprint density at radius 1 is 1.80 bits per heavy atom. The van der Waals surface area contributed by atoms with Crippen LogP contribution in [0.5, 0.6) is 0 Å². The van der Waals surface area contributed by atoms with Gasteiger partial charge in [-0.3, -0.25) is 4.79 Å². The molecule has 0 aliphatic carbocycles. The fourth-order valence-corrected chi connectivity index (χ4v) is 0.0786. The average molecular weight is 71.1 g/mol. The molecule has 0 spiro atoms. The Balaban J connectivity index is 0. The highest BCUT2D eigenvalue weighted by Gasteiger charge is 1.48. The van der Waals surface area contributed by atoms with E-state index in [1.54, 1.807) is 13.0 Å². The van der Waals surface area contributed by atoms with Crippen molar-refractivity contribution < 1.29 is 6.22 Å². The van der Waals surface area contributed by atoms with E-state index in [1.165, 1.54) is 6.08 Å². The summed E-state index contributed by atoms with van der Waals surface area (Å²) in [5.41, 5.74) is 0. The first-order chi connectivity index (χ1) is 2.41. The number of carbonyl (C=O) groups excluding carboxylic acids is 1. The van der Waals surface area contributed by atoms with Crippen molar-refractivity contribution in [1.29, 1.82) is 0 Å². The Kier molecular flexibility index (Phi) is 3.01. The molecular weight excluding hydrogens is 64.0 g/mol. The van der Waals surface area contributed by atoms with Gasteiger partial charge >= 0.3 is 1.43 Å². The van der Waals surface area contributed by atoms with E-state index in [9.17, 15) is 4.79 Å². The van der Waals surface area contributed by atoms with Gasteiger partial charge in [0.15, 0.2) is 0 Å². The van der Waals surface area contributed by atoms with Gasteiger partial charge in [-0.1, -0.05) is 6.08 Å². The maximum atomic E-state index is 9.32. The lowest BCUT2D eigenvalue weighted by Gasteiger charge is -1.51. The van der Waals surface area contributed by atoms with Gasteiger partial charge in [0.2, 0.25) is 0 Å². The highest BCUT2D eigenvalue weighted by atomic mass is 16.1. The molecule has 0 N–H and O–H groups in total. The third kappa shape index (κ3) is 3.41. The smallest absolute Gasteiger partial charge is 0.299 e. The number of carbonyl (C=O) groups is 1. The van der Waals surface area contributed by atoms with E-state index in [0.717, 1.165) is 6.29 Å². The SMILES string of the molecule is CC=CC=O.[H+]. The number of aldehydes is 1. The van der Waals surface area contributed by atoms with Crippen molar-refractivity contribution in [3.63, 3.8) is 0 Å². The summed E-state index contributed by atoms with van der Waals surface area (Å²) in [5, 5.41) is 0. The number of rotatable bonds is 1. The van der Waals surface area contributed by atoms with Crippen LogP contribution in [0.15, 0.2) is 12.2 Å². The molecule has 28 valence electrons. The topological polar surface area (TPSA) is 17.1 Å². The van der Waals surface area contributed by atoms with Crippen LogP contribution in [0, 0.1) is 0 Å². The normalized spacial score (nSPS) is 9.00. The standard InChI is InChI=1S/C4H6O/c1-2-3-4-5/h2-4H,1H3/p+1. The Bertz CT molecular complexity index is 49.5. The molecule has 0 radical (unpaired) electrons. The molecule has 0 amide bonds. The lowest BCUT2D eigenvalue weighted by molar-refractivity contribution is -0.104. The van der Waals surface area contributed by atoms with Gasteiger partial charge in [-0.2, -0.15) is 0 Å². The molecule has 0 bridgehead atoms. The second-order valence-corrected chi connectivity index (χ2v) is 0.662. The molecule has 5 heavy (non-hydrogen) atoms. The second kappa shape index (κ2) is 3.41. The number of hydrogen-bond donors (Lipinski definition) is 0. The van der Waals surface area contributed by atoms with Crippen molar-refractivity contribution in [1.82, 2.24) is 0 Å². The maximum absolute atomic E-state index is 9.32. The fourth-order valence-electron chi connectivity index (χ4n) is 0.0786. The zero-order valence-electron chi connectivity index (χ0n) is 4.14. The van der Waals surface area contributed by atoms with Crippen LogP contribution >= 0.6 is 0 Å². The molecule has 0 saturated heterocycles. The van der Waals surface area contributed by atoms with Crippen molar-refractivity contribution in [2.24, 2.45) is 0 Å². The molecule has 1 nitrogen and oxygen atoms in total. The highest BCUT2D eigenvalue weighted by molar-refractivity contribution is 5.64. The average Bonchev–Trinajstić information content (AvgIpc) is 1.41. The van der Waals surface area contributed by atoms with E-state index in [1.807, 2.05) is 0 Å². The lowest BCUT2D eigenvalue weighted by Crippen LogP contribution is -1.50. The van der Waals surface area contributed by atoms with Crippen LogP contribution in [-0.2, 0) is 4.79 Å². The summed E-state index contributed by atoms with van der Waals surface area (Å²) in [7, 11) is 0. The first-order valence-electron chi connectivity index (χ1n) is 1.48. The third-order valence-electron chi connectivity index (χ3n) is 0.271. The van der Waals surface area contributed by atoms with Gasteiger partial charge in [-0.05, 0) is 13.0 Å². The molecule has 0 rings (SSSR count). The summed E-state index contributed by atoms with van der Waals surface area (Å²) in [6, 6.07) is 0. The van der Waals surface area contributed by atoms with E-state index in [4.69, 9.17) is 0 Å². The second-order valence-electron chi connectivity index (χ2n) is 0.662. The summed E-state index contributed by atoms with van der Waals surface area (Å²) in [6.45, 7) is 1.80. The molecule has 1 heteroatoms. The van der Waals surface area contributed by atoms with E-state index in [0.29, 0.717) is 0 Å². The molecule has 0 aliphatic heterocycles. The first kappa shape index (κ1) is 4.41. The van der Waals surface area contributed by atoms with Crippen LogP contribution in [0.25, 0.3) is 0 Å². The Morgan fingerprint density at radius 3 is 2.40 bits per heavy atom. The van der Waals surface area contributed by atoms with Crippen LogP contribution < -0.4 is 0 Å². The van der Waals surface area contributed by atoms with Crippen LogP contribution in [0.4, 0.5) is 0 Å². The van der Waals surface area contributed by atoms with Crippen LogP contribution in [0.1, 0.15) is 8.35 Å². The zero-order chi connectivity index (χ0) is 4.12. The van der Waals surface area contributed by atoms with Crippen molar-refractivity contribution in [2.45, 2.75) is 6.92 Å². The van der Waals surface area contributed by atoms with Gasteiger partial charge in [0.1, 0.15) is 6.29 Å².